The minimum atomic E-state index is -4.58. The summed E-state index contributed by atoms with van der Waals surface area (Å²) in [7, 11) is 0. The third-order valence-corrected chi connectivity index (χ3v) is 4.91. The minimum absolute atomic E-state index is 0.0278. The van der Waals surface area contributed by atoms with Crippen molar-refractivity contribution in [3.8, 4) is 0 Å². The molecule has 0 saturated carbocycles. The first-order valence-electron chi connectivity index (χ1n) is 8.45. The molecular formula is C18H17BrF3N5O. The number of carbonyl (C=O) groups is 1. The van der Waals surface area contributed by atoms with Gasteiger partial charge in [-0.25, -0.2) is 14.8 Å². The summed E-state index contributed by atoms with van der Waals surface area (Å²) in [5, 5.41) is 5.32. The summed E-state index contributed by atoms with van der Waals surface area (Å²) in [6, 6.07) is 7.97. The number of aromatic nitrogens is 3. The van der Waals surface area contributed by atoms with Crippen LogP contribution in [0.4, 0.5) is 23.7 Å². The van der Waals surface area contributed by atoms with Gasteiger partial charge in [0.2, 0.25) is 5.82 Å². The highest BCUT2D eigenvalue weighted by Gasteiger charge is 2.37. The van der Waals surface area contributed by atoms with Crippen LogP contribution in [0.5, 0.6) is 0 Å². The zero-order valence-electron chi connectivity index (χ0n) is 14.8. The van der Waals surface area contributed by atoms with Crippen molar-refractivity contribution in [2.75, 3.05) is 11.9 Å². The second-order valence-corrected chi connectivity index (χ2v) is 6.98. The van der Waals surface area contributed by atoms with Gasteiger partial charge in [-0.15, -0.1) is 0 Å². The highest BCUT2D eigenvalue weighted by Crippen LogP contribution is 2.31. The fraction of sp³-hybridized carbons (Fsp3) is 0.278. The number of carbonyl (C=O) groups excluding carboxylic acids is 1. The summed E-state index contributed by atoms with van der Waals surface area (Å²) in [5.74, 6) is -0.990. The lowest BCUT2D eigenvalue weighted by molar-refractivity contribution is -0.147. The molecule has 2 aromatic heterocycles. The fourth-order valence-electron chi connectivity index (χ4n) is 2.72. The van der Waals surface area contributed by atoms with E-state index in [1.807, 2.05) is 19.1 Å². The number of alkyl halides is 3. The molecule has 2 amide bonds. The number of nitrogens with one attached hydrogen (secondary N) is 2. The summed E-state index contributed by atoms with van der Waals surface area (Å²) < 4.78 is 41.7. The Hall–Kier alpha value is -2.62. The molecule has 0 atom stereocenters. The summed E-state index contributed by atoms with van der Waals surface area (Å²) in [6.07, 6.45) is -2.87. The number of halogens is 4. The Balaban J connectivity index is 1.59. The maximum atomic E-state index is 13.2. The van der Waals surface area contributed by atoms with Gasteiger partial charge in [0.1, 0.15) is 5.52 Å². The van der Waals surface area contributed by atoms with Crippen LogP contribution in [0.2, 0.25) is 0 Å². The molecule has 0 aliphatic carbocycles. The number of pyridine rings is 1. The van der Waals surface area contributed by atoms with E-state index in [0.717, 1.165) is 14.6 Å². The molecule has 1 aromatic carbocycles. The molecule has 3 aromatic rings. The number of fused-ring (bicyclic) bond motifs is 1. The fourth-order valence-corrected chi connectivity index (χ4v) is 2.97. The Bertz CT molecular complexity index is 1000. The van der Waals surface area contributed by atoms with Gasteiger partial charge >= 0.3 is 12.2 Å². The molecule has 6 nitrogen and oxygen atoms in total. The number of hydrogen-bond acceptors (Lipinski definition) is 3. The number of imidazole rings is 1. The van der Waals surface area contributed by atoms with E-state index in [1.54, 1.807) is 6.07 Å². The largest absolute Gasteiger partial charge is 0.449 e. The third-order valence-electron chi connectivity index (χ3n) is 4.02. The number of nitrogens with zero attached hydrogens (tertiary/aromatic N) is 3. The Morgan fingerprint density at radius 2 is 2.07 bits per heavy atom. The van der Waals surface area contributed by atoms with Crippen molar-refractivity contribution < 1.29 is 18.0 Å². The van der Waals surface area contributed by atoms with Gasteiger partial charge in [0.25, 0.3) is 0 Å². The lowest BCUT2D eigenvalue weighted by Gasteiger charge is -2.12. The van der Waals surface area contributed by atoms with Gasteiger partial charge in [0.05, 0.1) is 0 Å². The van der Waals surface area contributed by atoms with Crippen molar-refractivity contribution in [1.82, 2.24) is 19.9 Å². The molecule has 0 aliphatic rings. The van der Waals surface area contributed by atoms with E-state index >= 15 is 0 Å². The topological polar surface area (TPSA) is 71.8 Å². The van der Waals surface area contributed by atoms with Gasteiger partial charge in [0.15, 0.2) is 5.65 Å². The number of anilines is 1. The van der Waals surface area contributed by atoms with Crippen LogP contribution in [0.15, 0.2) is 41.0 Å². The monoisotopic (exact) mass is 455 g/mol. The molecular weight excluding hydrogens is 439 g/mol. The van der Waals surface area contributed by atoms with Crippen molar-refractivity contribution >= 4 is 38.8 Å². The molecule has 0 saturated heterocycles. The van der Waals surface area contributed by atoms with Crippen LogP contribution in [0.3, 0.4) is 0 Å². The molecule has 0 aliphatic heterocycles. The predicted octanol–water partition coefficient (Wildman–Crippen LogP) is 4.73. The number of benzene rings is 1. The Morgan fingerprint density at radius 1 is 1.29 bits per heavy atom. The van der Waals surface area contributed by atoms with E-state index in [-0.39, 0.29) is 30.7 Å². The van der Waals surface area contributed by atoms with Gasteiger partial charge in [-0.1, -0.05) is 15.9 Å². The van der Waals surface area contributed by atoms with Crippen molar-refractivity contribution in [1.29, 1.82) is 0 Å². The van der Waals surface area contributed by atoms with Crippen molar-refractivity contribution in [2.45, 2.75) is 26.1 Å². The first kappa shape index (κ1) is 20.1. The number of hydrogen-bond donors (Lipinski definition) is 2. The lowest BCUT2D eigenvalue weighted by atomic mass is 10.2. The Morgan fingerprint density at radius 3 is 2.79 bits per heavy atom. The first-order chi connectivity index (χ1) is 13.3. The number of amides is 2. The van der Waals surface area contributed by atoms with Gasteiger partial charge in [0, 0.05) is 29.4 Å². The van der Waals surface area contributed by atoms with Crippen molar-refractivity contribution in [3.63, 3.8) is 0 Å². The van der Waals surface area contributed by atoms with E-state index in [0.29, 0.717) is 5.69 Å². The van der Waals surface area contributed by atoms with E-state index in [4.69, 9.17) is 0 Å². The van der Waals surface area contributed by atoms with E-state index in [9.17, 15) is 18.0 Å². The molecule has 3 rings (SSSR count). The molecule has 2 heterocycles. The van der Waals surface area contributed by atoms with Crippen LogP contribution < -0.4 is 10.6 Å². The molecule has 0 unspecified atom stereocenters. The molecule has 10 heteroatoms. The predicted molar refractivity (Wildman–Crippen MR) is 103 cm³/mol. The Labute approximate surface area is 167 Å². The second-order valence-electron chi connectivity index (χ2n) is 6.13. The minimum Gasteiger partial charge on any atom is -0.338 e. The highest BCUT2D eigenvalue weighted by atomic mass is 79.9. The van der Waals surface area contributed by atoms with Crippen LogP contribution in [0, 0.1) is 6.92 Å². The van der Waals surface area contributed by atoms with E-state index in [2.05, 4.69) is 36.5 Å². The quantitative estimate of drug-likeness (QED) is 0.546. The maximum absolute atomic E-state index is 13.2. The molecule has 0 bridgehead atoms. The van der Waals surface area contributed by atoms with Gasteiger partial charge < -0.3 is 15.2 Å². The molecule has 0 radical (unpaired) electrons. The number of aryl methyl sites for hydroxylation is 2. The summed E-state index contributed by atoms with van der Waals surface area (Å²) in [5.41, 5.74) is 1.95. The van der Waals surface area contributed by atoms with Crippen molar-refractivity contribution in [3.05, 3.63) is 52.4 Å². The molecule has 28 heavy (non-hydrogen) atoms. The first-order valence-corrected chi connectivity index (χ1v) is 9.24. The third kappa shape index (κ3) is 4.61. The average molecular weight is 456 g/mol. The van der Waals surface area contributed by atoms with E-state index < -0.39 is 18.0 Å². The van der Waals surface area contributed by atoms with Crippen LogP contribution in [-0.4, -0.2) is 27.1 Å². The van der Waals surface area contributed by atoms with Crippen LogP contribution in [-0.2, 0) is 12.7 Å². The summed E-state index contributed by atoms with van der Waals surface area (Å²) in [6.45, 7) is 2.13. The normalized spacial score (nSPS) is 11.6. The second kappa shape index (κ2) is 8.17. The smallest absolute Gasteiger partial charge is 0.338 e. The van der Waals surface area contributed by atoms with Crippen LogP contribution >= 0.6 is 15.9 Å². The van der Waals surface area contributed by atoms with E-state index in [1.165, 1.54) is 18.3 Å². The Kier molecular flexibility index (Phi) is 5.87. The summed E-state index contributed by atoms with van der Waals surface area (Å²) >= 11 is 3.38. The molecule has 0 fully saturated rings. The van der Waals surface area contributed by atoms with Gasteiger partial charge in [-0.2, -0.15) is 13.2 Å². The average Bonchev–Trinajstić information content (AvgIpc) is 3.01. The van der Waals surface area contributed by atoms with Crippen LogP contribution in [0.25, 0.3) is 11.2 Å². The molecule has 0 spiro atoms. The maximum Gasteiger partial charge on any atom is 0.449 e. The molecule has 2 N–H and O–H groups in total. The van der Waals surface area contributed by atoms with Gasteiger partial charge in [-0.3, -0.25) is 0 Å². The van der Waals surface area contributed by atoms with Crippen molar-refractivity contribution in [2.24, 2.45) is 0 Å². The van der Waals surface area contributed by atoms with Gasteiger partial charge in [-0.05, 0) is 49.2 Å². The standard InChI is InChI=1S/C18H17BrF3N5O/c1-11-10-12(5-6-13(11)19)25-17(28)24-8-3-9-27-15-14(4-2-7-23-15)26-16(27)18(20,21)22/h2,4-7,10H,3,8-9H2,1H3,(H2,24,25,28). The SMILES string of the molecule is Cc1cc(NC(=O)NCCCn2c(C(F)(F)F)nc3cccnc32)ccc1Br. The zero-order chi connectivity index (χ0) is 20.3. The van der Waals surface area contributed by atoms with Crippen LogP contribution in [0.1, 0.15) is 17.8 Å². The number of rotatable bonds is 5. The molecule has 148 valence electrons. The lowest BCUT2D eigenvalue weighted by Crippen LogP contribution is -2.30. The number of urea groups is 1. The summed E-state index contributed by atoms with van der Waals surface area (Å²) in [4.78, 5) is 19.6. The highest BCUT2D eigenvalue weighted by molar-refractivity contribution is 9.10. The zero-order valence-corrected chi connectivity index (χ0v) is 16.4.